The molecule has 1 unspecified atom stereocenters. The summed E-state index contributed by atoms with van der Waals surface area (Å²) in [5, 5.41) is 0. The quantitative estimate of drug-likeness (QED) is 0.925. The highest BCUT2D eigenvalue weighted by atomic mass is 35.5. The first kappa shape index (κ1) is 16.0. The highest BCUT2D eigenvalue weighted by Crippen LogP contribution is 2.12. The smallest absolute Gasteiger partial charge is 0.222 e. The monoisotopic (exact) mass is 282 g/mol. The topological polar surface area (TPSA) is 46.3 Å². The Labute approximate surface area is 121 Å². The van der Waals surface area contributed by atoms with Gasteiger partial charge in [0.25, 0.3) is 0 Å². The lowest BCUT2D eigenvalue weighted by atomic mass is 10.0. The van der Waals surface area contributed by atoms with Gasteiger partial charge in [-0.2, -0.15) is 0 Å². The van der Waals surface area contributed by atoms with Gasteiger partial charge in [-0.15, -0.1) is 12.4 Å². The van der Waals surface area contributed by atoms with Crippen LogP contribution in [0.15, 0.2) is 24.3 Å². The van der Waals surface area contributed by atoms with E-state index in [-0.39, 0.29) is 24.4 Å². The largest absolute Gasteiger partial charge is 0.341 e. The van der Waals surface area contributed by atoms with Crippen molar-refractivity contribution in [2.75, 3.05) is 13.1 Å². The van der Waals surface area contributed by atoms with Gasteiger partial charge in [0.15, 0.2) is 0 Å². The Hall–Kier alpha value is -1.06. The Morgan fingerprint density at radius 1 is 1.47 bits per heavy atom. The zero-order valence-corrected chi connectivity index (χ0v) is 12.3. The Balaban J connectivity index is 0.00000180. The van der Waals surface area contributed by atoms with Crippen LogP contribution < -0.4 is 5.73 Å². The first-order valence-electron chi connectivity index (χ1n) is 6.74. The molecule has 0 aromatic heterocycles. The predicted molar refractivity (Wildman–Crippen MR) is 80.5 cm³/mol. The lowest BCUT2D eigenvalue weighted by Crippen LogP contribution is -2.45. The molecular weight excluding hydrogens is 260 g/mol. The number of hydrogen-bond donors (Lipinski definition) is 1. The number of amides is 1. The zero-order chi connectivity index (χ0) is 13.0. The molecule has 3 nitrogen and oxygen atoms in total. The van der Waals surface area contributed by atoms with Crippen LogP contribution in [0.2, 0.25) is 0 Å². The molecule has 1 atom stereocenters. The van der Waals surface area contributed by atoms with Crippen LogP contribution in [0.5, 0.6) is 0 Å². The van der Waals surface area contributed by atoms with Crippen LogP contribution in [-0.2, 0) is 11.2 Å². The van der Waals surface area contributed by atoms with E-state index >= 15 is 0 Å². The zero-order valence-electron chi connectivity index (χ0n) is 11.5. The fourth-order valence-electron chi connectivity index (χ4n) is 2.51. The third-order valence-electron chi connectivity index (χ3n) is 3.52. The molecule has 2 N–H and O–H groups in total. The first-order valence-corrected chi connectivity index (χ1v) is 6.74. The molecule has 1 aromatic carbocycles. The lowest BCUT2D eigenvalue weighted by molar-refractivity contribution is -0.132. The molecule has 0 radical (unpaired) electrons. The van der Waals surface area contributed by atoms with E-state index in [1.165, 1.54) is 11.1 Å². The van der Waals surface area contributed by atoms with E-state index in [0.717, 1.165) is 32.4 Å². The van der Waals surface area contributed by atoms with Crippen molar-refractivity contribution in [2.24, 2.45) is 5.73 Å². The summed E-state index contributed by atoms with van der Waals surface area (Å²) in [6.07, 6.45) is 3.50. The number of nitrogens with zero attached hydrogens (tertiary/aromatic N) is 1. The first-order chi connectivity index (χ1) is 8.65. The third kappa shape index (κ3) is 4.84. The minimum absolute atomic E-state index is 0. The number of benzene rings is 1. The molecule has 0 spiro atoms. The van der Waals surface area contributed by atoms with Crippen molar-refractivity contribution < 1.29 is 4.79 Å². The molecule has 1 aromatic rings. The second-order valence-electron chi connectivity index (χ2n) is 5.23. The van der Waals surface area contributed by atoms with Gasteiger partial charge in [0.05, 0.1) is 0 Å². The summed E-state index contributed by atoms with van der Waals surface area (Å²) in [4.78, 5) is 14.0. The van der Waals surface area contributed by atoms with Crippen molar-refractivity contribution in [1.82, 2.24) is 4.90 Å². The van der Waals surface area contributed by atoms with Crippen LogP contribution in [0.4, 0.5) is 0 Å². The average Bonchev–Trinajstić information content (AvgIpc) is 2.36. The molecular formula is C15H23ClN2O. The van der Waals surface area contributed by atoms with E-state index in [1.54, 1.807) is 0 Å². The van der Waals surface area contributed by atoms with Crippen molar-refractivity contribution in [3.8, 4) is 0 Å². The number of likely N-dealkylation sites (tertiary alicyclic amines) is 1. The van der Waals surface area contributed by atoms with Crippen LogP contribution in [0, 0.1) is 6.92 Å². The summed E-state index contributed by atoms with van der Waals surface area (Å²) in [7, 11) is 0. The summed E-state index contributed by atoms with van der Waals surface area (Å²) in [6.45, 7) is 3.68. The fraction of sp³-hybridized carbons (Fsp3) is 0.533. The molecule has 1 aliphatic heterocycles. The van der Waals surface area contributed by atoms with Gasteiger partial charge < -0.3 is 10.6 Å². The van der Waals surface area contributed by atoms with Crippen LogP contribution in [-0.4, -0.2) is 29.9 Å². The van der Waals surface area contributed by atoms with E-state index in [1.807, 2.05) is 11.0 Å². The normalized spacial score (nSPS) is 18.8. The molecule has 106 valence electrons. The molecule has 1 amide bonds. The number of carbonyl (C=O) groups excluding carboxylic acids is 1. The van der Waals surface area contributed by atoms with Gasteiger partial charge in [0, 0.05) is 25.6 Å². The van der Waals surface area contributed by atoms with Crippen LogP contribution >= 0.6 is 12.4 Å². The second-order valence-corrected chi connectivity index (χ2v) is 5.23. The number of piperidine rings is 1. The molecule has 1 aliphatic rings. The highest BCUT2D eigenvalue weighted by molar-refractivity contribution is 5.85. The van der Waals surface area contributed by atoms with Gasteiger partial charge in [-0.3, -0.25) is 4.79 Å². The van der Waals surface area contributed by atoms with Crippen molar-refractivity contribution in [3.05, 3.63) is 35.4 Å². The Bertz CT molecular complexity index is 422. The van der Waals surface area contributed by atoms with Crippen LogP contribution in [0.1, 0.15) is 30.4 Å². The fourth-order valence-corrected chi connectivity index (χ4v) is 2.51. The molecule has 1 fully saturated rings. The Kier molecular flexibility index (Phi) is 6.32. The maximum Gasteiger partial charge on any atom is 0.222 e. The molecule has 4 heteroatoms. The Morgan fingerprint density at radius 3 is 2.95 bits per heavy atom. The van der Waals surface area contributed by atoms with Gasteiger partial charge in [-0.05, 0) is 31.7 Å². The van der Waals surface area contributed by atoms with Gasteiger partial charge in [0.2, 0.25) is 5.91 Å². The van der Waals surface area contributed by atoms with E-state index in [4.69, 9.17) is 5.73 Å². The van der Waals surface area contributed by atoms with Crippen molar-refractivity contribution in [1.29, 1.82) is 0 Å². The SMILES string of the molecule is Cc1cccc(CCC(=O)N2CCCC(N)C2)c1.Cl. The minimum Gasteiger partial charge on any atom is -0.341 e. The van der Waals surface area contributed by atoms with E-state index in [9.17, 15) is 4.79 Å². The second kappa shape index (κ2) is 7.51. The van der Waals surface area contributed by atoms with Gasteiger partial charge >= 0.3 is 0 Å². The molecule has 0 saturated carbocycles. The van der Waals surface area contributed by atoms with Crippen LogP contribution in [0.25, 0.3) is 0 Å². The van der Waals surface area contributed by atoms with E-state index < -0.39 is 0 Å². The number of nitrogens with two attached hydrogens (primary N) is 1. The standard InChI is InChI=1S/C15H22N2O.ClH/c1-12-4-2-5-13(10-12)7-8-15(18)17-9-3-6-14(16)11-17;/h2,4-5,10,14H,3,6-9,11,16H2,1H3;1H. The number of carbonyl (C=O) groups is 1. The van der Waals surface area contributed by atoms with Gasteiger partial charge in [0.1, 0.15) is 0 Å². The molecule has 1 heterocycles. The number of aryl methyl sites for hydroxylation is 2. The van der Waals surface area contributed by atoms with E-state index in [2.05, 4.69) is 25.1 Å². The number of rotatable bonds is 3. The molecule has 0 aliphatic carbocycles. The summed E-state index contributed by atoms with van der Waals surface area (Å²) >= 11 is 0. The molecule has 1 saturated heterocycles. The summed E-state index contributed by atoms with van der Waals surface area (Å²) in [6, 6.07) is 8.53. The van der Waals surface area contributed by atoms with Crippen molar-refractivity contribution >= 4 is 18.3 Å². The maximum absolute atomic E-state index is 12.1. The van der Waals surface area contributed by atoms with Crippen molar-refractivity contribution in [3.63, 3.8) is 0 Å². The minimum atomic E-state index is 0. The lowest BCUT2D eigenvalue weighted by Gasteiger charge is -2.30. The average molecular weight is 283 g/mol. The molecule has 19 heavy (non-hydrogen) atoms. The predicted octanol–water partition coefficient (Wildman–Crippen LogP) is 2.30. The van der Waals surface area contributed by atoms with Gasteiger partial charge in [-0.25, -0.2) is 0 Å². The summed E-state index contributed by atoms with van der Waals surface area (Å²) < 4.78 is 0. The summed E-state index contributed by atoms with van der Waals surface area (Å²) in [5.41, 5.74) is 8.39. The van der Waals surface area contributed by atoms with Gasteiger partial charge in [-0.1, -0.05) is 29.8 Å². The third-order valence-corrected chi connectivity index (χ3v) is 3.52. The van der Waals surface area contributed by atoms with E-state index in [0.29, 0.717) is 6.42 Å². The number of halogens is 1. The Morgan fingerprint density at radius 2 is 2.26 bits per heavy atom. The van der Waals surface area contributed by atoms with Crippen molar-refractivity contribution in [2.45, 2.75) is 38.6 Å². The molecule has 0 bridgehead atoms. The number of hydrogen-bond acceptors (Lipinski definition) is 2. The highest BCUT2D eigenvalue weighted by Gasteiger charge is 2.20. The summed E-state index contributed by atoms with van der Waals surface area (Å²) in [5.74, 6) is 0.242. The van der Waals surface area contributed by atoms with Crippen LogP contribution in [0.3, 0.4) is 0 Å². The molecule has 2 rings (SSSR count). The maximum atomic E-state index is 12.1.